The van der Waals surface area contributed by atoms with Gasteiger partial charge >= 0.3 is 0 Å². The molecule has 2 aliphatic heterocycles. The van der Waals surface area contributed by atoms with Crippen molar-refractivity contribution in [3.63, 3.8) is 0 Å². The molecule has 1 saturated heterocycles. The van der Waals surface area contributed by atoms with Gasteiger partial charge in [0.2, 0.25) is 0 Å². The number of phenolic OH excluding ortho intramolecular Hbond substituents is 2. The first-order valence-corrected chi connectivity index (χ1v) is 14.3. The molecule has 5 aromatic rings. The van der Waals surface area contributed by atoms with Gasteiger partial charge in [-0.15, -0.1) is 0 Å². The Bertz CT molecular complexity index is 1750. The normalized spacial score (nSPS) is 14.6. The zero-order valence-electron chi connectivity index (χ0n) is 22.8. The van der Waals surface area contributed by atoms with Crippen molar-refractivity contribution in [2.45, 2.75) is 25.8 Å². The number of benzene rings is 4. The quantitative estimate of drug-likeness (QED) is 0.225. The topological polar surface area (TPSA) is 74.9 Å². The average molecular weight is 545 g/mol. The maximum Gasteiger partial charge on any atom is 0.195 e. The first-order valence-electron chi connectivity index (χ1n) is 14.3. The van der Waals surface area contributed by atoms with Crippen LogP contribution in [0.4, 0.5) is 0 Å². The van der Waals surface area contributed by atoms with E-state index in [1.54, 1.807) is 24.3 Å². The highest BCUT2D eigenvalue weighted by Crippen LogP contribution is 2.42. The summed E-state index contributed by atoms with van der Waals surface area (Å²) in [5.74, 6) is 1.19. The lowest BCUT2D eigenvalue weighted by atomic mass is 9.92. The van der Waals surface area contributed by atoms with Crippen LogP contribution in [-0.2, 0) is 13.0 Å². The van der Waals surface area contributed by atoms with E-state index in [4.69, 9.17) is 4.74 Å². The number of aryl methyl sites for hydroxylation is 2. The van der Waals surface area contributed by atoms with E-state index < -0.39 is 0 Å². The van der Waals surface area contributed by atoms with Crippen LogP contribution in [0.2, 0.25) is 0 Å². The number of ether oxygens (including phenoxy) is 1. The van der Waals surface area contributed by atoms with Crippen molar-refractivity contribution in [3.05, 3.63) is 102 Å². The molecule has 7 rings (SSSR count). The van der Waals surface area contributed by atoms with Gasteiger partial charge in [-0.05, 0) is 110 Å². The molecule has 41 heavy (non-hydrogen) atoms. The lowest BCUT2D eigenvalue weighted by Crippen LogP contribution is -2.25. The number of carbonyl (C=O) groups excluding carboxylic acids is 1. The second kappa shape index (κ2) is 10.5. The number of phenols is 2. The number of ketones is 1. The van der Waals surface area contributed by atoms with Gasteiger partial charge in [0, 0.05) is 35.1 Å². The van der Waals surface area contributed by atoms with Crippen LogP contribution in [0.1, 0.15) is 34.3 Å². The van der Waals surface area contributed by atoms with Gasteiger partial charge in [-0.25, -0.2) is 0 Å². The standard InChI is InChI=1S/C35H32N2O4/c38-27-8-3-23(4-9-27)25-7-13-31-32(22-25)37-18-15-26-21-28(39)10-14-30(26)34(37)33(31)35(40)24-5-11-29(12-6-24)41-20-19-36-16-1-2-17-36/h3-14,21-22,38-39H,1-2,15-20H2. The van der Waals surface area contributed by atoms with E-state index in [0.29, 0.717) is 24.3 Å². The highest BCUT2D eigenvalue weighted by molar-refractivity contribution is 6.21. The van der Waals surface area contributed by atoms with Gasteiger partial charge in [0.15, 0.2) is 5.78 Å². The predicted molar refractivity (Wildman–Crippen MR) is 161 cm³/mol. The summed E-state index contributed by atoms with van der Waals surface area (Å²) in [6, 6.07) is 26.3. The Hall–Kier alpha value is -4.55. The molecule has 0 radical (unpaired) electrons. The van der Waals surface area contributed by atoms with Crippen LogP contribution in [0.3, 0.4) is 0 Å². The molecule has 0 atom stereocenters. The van der Waals surface area contributed by atoms with Crippen LogP contribution >= 0.6 is 0 Å². The third kappa shape index (κ3) is 4.74. The summed E-state index contributed by atoms with van der Waals surface area (Å²) in [7, 11) is 0. The second-order valence-corrected chi connectivity index (χ2v) is 11.0. The van der Waals surface area contributed by atoms with Crippen molar-refractivity contribution in [1.29, 1.82) is 0 Å². The number of carbonyl (C=O) groups is 1. The Balaban J connectivity index is 1.27. The van der Waals surface area contributed by atoms with Crippen LogP contribution in [0.5, 0.6) is 17.2 Å². The minimum atomic E-state index is -0.0364. The van der Waals surface area contributed by atoms with Crippen LogP contribution in [0, 0.1) is 0 Å². The lowest BCUT2D eigenvalue weighted by Gasteiger charge is -2.21. The van der Waals surface area contributed by atoms with E-state index in [1.165, 1.54) is 12.8 Å². The number of aromatic nitrogens is 1. The van der Waals surface area contributed by atoms with E-state index >= 15 is 0 Å². The number of nitrogens with zero attached hydrogens (tertiary/aromatic N) is 2. The molecule has 6 heteroatoms. The van der Waals surface area contributed by atoms with E-state index in [9.17, 15) is 15.0 Å². The van der Waals surface area contributed by atoms with Gasteiger partial charge in [0.1, 0.15) is 23.9 Å². The molecule has 0 amide bonds. The Morgan fingerprint density at radius 2 is 1.51 bits per heavy atom. The lowest BCUT2D eigenvalue weighted by molar-refractivity contribution is 0.104. The zero-order chi connectivity index (χ0) is 27.9. The Labute approximate surface area is 239 Å². The Morgan fingerprint density at radius 1 is 0.780 bits per heavy atom. The van der Waals surface area contributed by atoms with Crippen molar-refractivity contribution in [2.75, 3.05) is 26.2 Å². The fourth-order valence-electron chi connectivity index (χ4n) is 6.32. The molecule has 2 aliphatic rings. The number of fused-ring (bicyclic) bond motifs is 5. The molecule has 3 heterocycles. The number of rotatable bonds is 7. The SMILES string of the molecule is O=C(c1ccc(OCCN2CCCC2)cc1)c1c2n(c3cc(-c4ccc(O)cc4)ccc13)CCc1cc(O)ccc1-2. The molecule has 0 saturated carbocycles. The highest BCUT2D eigenvalue weighted by Gasteiger charge is 2.29. The molecule has 1 fully saturated rings. The van der Waals surface area contributed by atoms with Crippen molar-refractivity contribution < 1.29 is 19.7 Å². The maximum absolute atomic E-state index is 14.2. The van der Waals surface area contributed by atoms with Gasteiger partial charge in [-0.3, -0.25) is 9.69 Å². The summed E-state index contributed by atoms with van der Waals surface area (Å²) in [5.41, 5.74) is 7.19. The van der Waals surface area contributed by atoms with Crippen molar-refractivity contribution in [1.82, 2.24) is 9.47 Å². The molecule has 0 aliphatic carbocycles. The highest BCUT2D eigenvalue weighted by atomic mass is 16.5. The van der Waals surface area contributed by atoms with Crippen molar-refractivity contribution >= 4 is 16.7 Å². The molecule has 0 spiro atoms. The first kappa shape index (κ1) is 25.4. The second-order valence-electron chi connectivity index (χ2n) is 11.0. The fraction of sp³-hybridized carbons (Fsp3) is 0.229. The predicted octanol–water partition coefficient (Wildman–Crippen LogP) is 6.65. The van der Waals surface area contributed by atoms with Crippen molar-refractivity contribution in [3.8, 4) is 39.6 Å². The third-order valence-electron chi connectivity index (χ3n) is 8.43. The van der Waals surface area contributed by atoms with Gasteiger partial charge in [-0.2, -0.15) is 0 Å². The molecule has 4 aromatic carbocycles. The maximum atomic E-state index is 14.2. The smallest absolute Gasteiger partial charge is 0.195 e. The summed E-state index contributed by atoms with van der Waals surface area (Å²) < 4.78 is 8.22. The Morgan fingerprint density at radius 3 is 2.29 bits per heavy atom. The summed E-state index contributed by atoms with van der Waals surface area (Å²) in [5, 5.41) is 20.8. The summed E-state index contributed by atoms with van der Waals surface area (Å²) in [6.07, 6.45) is 3.29. The van der Waals surface area contributed by atoms with Gasteiger partial charge in [0.25, 0.3) is 0 Å². The molecule has 6 nitrogen and oxygen atoms in total. The molecular formula is C35H32N2O4. The van der Waals surface area contributed by atoms with E-state index in [2.05, 4.69) is 15.5 Å². The number of aromatic hydroxyl groups is 2. The average Bonchev–Trinajstić information content (AvgIpc) is 3.63. The Kier molecular flexibility index (Phi) is 6.48. The third-order valence-corrected chi connectivity index (χ3v) is 8.43. The summed E-state index contributed by atoms with van der Waals surface area (Å²) in [6.45, 7) is 4.55. The minimum absolute atomic E-state index is 0.0364. The van der Waals surface area contributed by atoms with Gasteiger partial charge in [0.05, 0.1) is 11.3 Å². The summed E-state index contributed by atoms with van der Waals surface area (Å²) in [4.78, 5) is 16.6. The minimum Gasteiger partial charge on any atom is -0.508 e. The van der Waals surface area contributed by atoms with Crippen LogP contribution < -0.4 is 4.74 Å². The van der Waals surface area contributed by atoms with E-state index in [1.807, 2.05) is 54.6 Å². The first-order chi connectivity index (χ1) is 20.0. The van der Waals surface area contributed by atoms with E-state index in [0.717, 1.165) is 70.7 Å². The zero-order valence-corrected chi connectivity index (χ0v) is 22.8. The van der Waals surface area contributed by atoms with Crippen LogP contribution in [-0.4, -0.2) is 51.7 Å². The van der Waals surface area contributed by atoms with Gasteiger partial charge in [-0.1, -0.05) is 24.3 Å². The van der Waals surface area contributed by atoms with Gasteiger partial charge < -0.3 is 19.5 Å². The molecule has 0 unspecified atom stereocenters. The molecule has 0 bridgehead atoms. The number of likely N-dealkylation sites (tertiary alicyclic amines) is 1. The fourth-order valence-corrected chi connectivity index (χ4v) is 6.32. The summed E-state index contributed by atoms with van der Waals surface area (Å²) >= 11 is 0. The van der Waals surface area contributed by atoms with Crippen LogP contribution in [0.25, 0.3) is 33.3 Å². The molecule has 206 valence electrons. The molecule has 2 N–H and O–H groups in total. The van der Waals surface area contributed by atoms with E-state index in [-0.39, 0.29) is 17.3 Å². The number of hydrogen-bond donors (Lipinski definition) is 2. The molecular weight excluding hydrogens is 512 g/mol. The van der Waals surface area contributed by atoms with Crippen molar-refractivity contribution in [2.24, 2.45) is 0 Å². The monoisotopic (exact) mass is 544 g/mol. The largest absolute Gasteiger partial charge is 0.508 e. The number of hydrogen-bond acceptors (Lipinski definition) is 5. The molecule has 1 aromatic heterocycles. The van der Waals surface area contributed by atoms with Crippen LogP contribution in [0.15, 0.2) is 84.9 Å².